The first-order valence-electron chi connectivity index (χ1n) is 9.31. The molecule has 3 N–H and O–H groups in total. The molecular formula is C20H24N4O7. The largest absolute Gasteiger partial charge is 0.493 e. The summed E-state index contributed by atoms with van der Waals surface area (Å²) in [5, 5.41) is 2.86. The maximum Gasteiger partial charge on any atom is 0.340 e. The second-order valence-electron chi connectivity index (χ2n) is 6.37. The van der Waals surface area contributed by atoms with E-state index in [0.29, 0.717) is 28.6 Å². The Morgan fingerprint density at radius 1 is 1.10 bits per heavy atom. The summed E-state index contributed by atoms with van der Waals surface area (Å²) in [5.74, 6) is 0.796. The van der Waals surface area contributed by atoms with Crippen LogP contribution in [0.1, 0.15) is 18.5 Å². The Kier molecular flexibility index (Phi) is 6.23. The number of nitrogens with zero attached hydrogens (tertiary/aromatic N) is 2. The van der Waals surface area contributed by atoms with Gasteiger partial charge in [-0.05, 0) is 24.6 Å². The summed E-state index contributed by atoms with van der Waals surface area (Å²) < 4.78 is 28.4. The molecule has 0 spiro atoms. The van der Waals surface area contributed by atoms with E-state index >= 15 is 0 Å². The lowest BCUT2D eigenvalue weighted by Gasteiger charge is -2.32. The van der Waals surface area contributed by atoms with Crippen LogP contribution >= 0.6 is 0 Å². The van der Waals surface area contributed by atoms with E-state index in [4.69, 9.17) is 29.4 Å². The van der Waals surface area contributed by atoms with Crippen LogP contribution in [0.3, 0.4) is 0 Å². The molecule has 0 saturated carbocycles. The van der Waals surface area contributed by atoms with Crippen molar-refractivity contribution in [3.05, 3.63) is 45.5 Å². The van der Waals surface area contributed by atoms with Gasteiger partial charge in [-0.2, -0.15) is 4.98 Å². The van der Waals surface area contributed by atoms with Crippen molar-refractivity contribution in [2.75, 3.05) is 40.4 Å². The molecule has 0 amide bonds. The normalized spacial score (nSPS) is 14.9. The third-order valence-electron chi connectivity index (χ3n) is 4.70. The molecule has 0 aliphatic carbocycles. The second-order valence-corrected chi connectivity index (χ2v) is 6.37. The fraction of sp³-hybridized carbons (Fsp3) is 0.350. The Morgan fingerprint density at radius 2 is 1.74 bits per heavy atom. The number of esters is 1. The number of aromatic nitrogens is 2. The minimum absolute atomic E-state index is 0.0250. The van der Waals surface area contributed by atoms with Gasteiger partial charge in [0, 0.05) is 6.07 Å². The minimum atomic E-state index is -0.868. The van der Waals surface area contributed by atoms with E-state index in [0.717, 1.165) is 0 Å². The molecule has 2 heterocycles. The zero-order valence-electron chi connectivity index (χ0n) is 17.8. The highest BCUT2D eigenvalue weighted by atomic mass is 16.5. The summed E-state index contributed by atoms with van der Waals surface area (Å²) in [5.41, 5.74) is 6.30. The first-order chi connectivity index (χ1) is 14.9. The average molecular weight is 432 g/mol. The highest BCUT2D eigenvalue weighted by Crippen LogP contribution is 2.44. The highest BCUT2D eigenvalue weighted by Gasteiger charge is 2.37. The van der Waals surface area contributed by atoms with Crippen LogP contribution in [0.15, 0.2) is 34.4 Å². The van der Waals surface area contributed by atoms with Gasteiger partial charge in [0.2, 0.25) is 5.75 Å². The third-order valence-corrected chi connectivity index (χ3v) is 4.70. The fourth-order valence-electron chi connectivity index (χ4n) is 3.45. The number of ether oxygens (including phenoxy) is 5. The lowest BCUT2D eigenvalue weighted by atomic mass is 9.95. The molecule has 0 radical (unpaired) electrons. The van der Waals surface area contributed by atoms with Crippen molar-refractivity contribution in [1.82, 2.24) is 9.55 Å². The van der Waals surface area contributed by atoms with Crippen molar-refractivity contribution in [3.8, 4) is 23.3 Å². The number of methoxy groups -OCH3 is 4. The van der Waals surface area contributed by atoms with Gasteiger partial charge in [0.15, 0.2) is 11.5 Å². The monoisotopic (exact) mass is 432 g/mol. The molecule has 0 saturated heterocycles. The molecule has 2 aromatic rings. The first kappa shape index (κ1) is 21.8. The van der Waals surface area contributed by atoms with Crippen LogP contribution in [-0.2, 0) is 9.53 Å². The number of benzene rings is 1. The van der Waals surface area contributed by atoms with E-state index in [-0.39, 0.29) is 24.0 Å². The summed E-state index contributed by atoms with van der Waals surface area (Å²) in [6, 6.07) is 3.70. The van der Waals surface area contributed by atoms with Gasteiger partial charge in [0.25, 0.3) is 5.56 Å². The average Bonchev–Trinajstić information content (AvgIpc) is 2.76. The zero-order valence-corrected chi connectivity index (χ0v) is 17.8. The summed E-state index contributed by atoms with van der Waals surface area (Å²) in [7, 11) is 5.81. The summed E-state index contributed by atoms with van der Waals surface area (Å²) in [6.07, 6.45) is 0. The summed E-state index contributed by atoms with van der Waals surface area (Å²) in [6.45, 7) is 1.83. The SMILES string of the molecule is CCOC(=O)C1=C(N)Nc2cc(=O)nc(OC)n2[C@H]1c1cc(OC)c(OC)c(OC)c1. The van der Waals surface area contributed by atoms with E-state index in [9.17, 15) is 9.59 Å². The molecule has 11 heteroatoms. The Hall–Kier alpha value is -3.89. The Balaban J connectivity index is 2.36. The van der Waals surface area contributed by atoms with Crippen molar-refractivity contribution in [2.45, 2.75) is 13.0 Å². The fourth-order valence-corrected chi connectivity index (χ4v) is 3.45. The highest BCUT2D eigenvalue weighted by molar-refractivity contribution is 5.92. The minimum Gasteiger partial charge on any atom is -0.493 e. The molecule has 1 aromatic carbocycles. The number of fused-ring (bicyclic) bond motifs is 1. The van der Waals surface area contributed by atoms with Crippen molar-refractivity contribution in [3.63, 3.8) is 0 Å². The van der Waals surface area contributed by atoms with Crippen LogP contribution in [0.5, 0.6) is 23.3 Å². The molecule has 1 atom stereocenters. The molecule has 0 unspecified atom stereocenters. The Morgan fingerprint density at radius 3 is 2.26 bits per heavy atom. The number of rotatable bonds is 7. The molecule has 166 valence electrons. The lowest BCUT2D eigenvalue weighted by Crippen LogP contribution is -2.35. The number of anilines is 1. The molecule has 11 nitrogen and oxygen atoms in total. The predicted molar refractivity (Wildman–Crippen MR) is 111 cm³/mol. The molecule has 1 aliphatic rings. The van der Waals surface area contributed by atoms with E-state index < -0.39 is 17.6 Å². The zero-order chi connectivity index (χ0) is 22.7. The van der Waals surface area contributed by atoms with E-state index in [2.05, 4.69) is 10.3 Å². The van der Waals surface area contributed by atoms with Gasteiger partial charge >= 0.3 is 12.0 Å². The molecule has 31 heavy (non-hydrogen) atoms. The van der Waals surface area contributed by atoms with Crippen molar-refractivity contribution in [1.29, 1.82) is 0 Å². The number of nitrogens with two attached hydrogens (primary N) is 1. The van der Waals surface area contributed by atoms with Crippen LogP contribution in [0, 0.1) is 0 Å². The van der Waals surface area contributed by atoms with Crippen LogP contribution < -0.4 is 35.6 Å². The van der Waals surface area contributed by atoms with E-state index in [1.54, 1.807) is 19.1 Å². The van der Waals surface area contributed by atoms with Crippen LogP contribution in [0.2, 0.25) is 0 Å². The number of hydrogen-bond donors (Lipinski definition) is 2. The standard InChI is InChI=1S/C20H24N4O7/c1-6-31-19(26)15-16(10-7-11(27-2)17(29-4)12(8-10)28-3)24-13(22-18(15)21)9-14(25)23-20(24)30-5/h7-9,16,22H,6,21H2,1-5H3/t16-/m0/s1. The van der Waals surface area contributed by atoms with Crippen LogP contribution in [0.4, 0.5) is 5.82 Å². The van der Waals surface area contributed by atoms with Gasteiger partial charge in [-0.15, -0.1) is 0 Å². The third kappa shape index (κ3) is 3.81. The topological polar surface area (TPSA) is 136 Å². The summed E-state index contributed by atoms with van der Waals surface area (Å²) in [4.78, 5) is 28.8. The van der Waals surface area contributed by atoms with Crippen LogP contribution in [-0.4, -0.2) is 50.6 Å². The number of hydrogen-bond acceptors (Lipinski definition) is 10. The summed E-state index contributed by atoms with van der Waals surface area (Å²) >= 11 is 0. The predicted octanol–water partition coefficient (Wildman–Crippen LogP) is 1.03. The maximum atomic E-state index is 12.9. The number of nitrogens with one attached hydrogen (secondary N) is 1. The number of carbonyl (C=O) groups excluding carboxylic acids is 1. The van der Waals surface area contributed by atoms with Gasteiger partial charge in [0.1, 0.15) is 23.3 Å². The molecule has 3 rings (SSSR count). The van der Waals surface area contributed by atoms with Crippen LogP contribution in [0.25, 0.3) is 0 Å². The smallest absolute Gasteiger partial charge is 0.340 e. The van der Waals surface area contributed by atoms with E-state index in [1.807, 2.05) is 0 Å². The van der Waals surface area contributed by atoms with Crippen molar-refractivity contribution >= 4 is 11.8 Å². The van der Waals surface area contributed by atoms with E-state index in [1.165, 1.54) is 39.1 Å². The lowest BCUT2D eigenvalue weighted by molar-refractivity contribution is -0.139. The van der Waals surface area contributed by atoms with Crippen molar-refractivity contribution in [2.24, 2.45) is 5.73 Å². The van der Waals surface area contributed by atoms with Gasteiger partial charge in [0.05, 0.1) is 35.0 Å². The van der Waals surface area contributed by atoms with Crippen molar-refractivity contribution < 1.29 is 28.5 Å². The first-order valence-corrected chi connectivity index (χ1v) is 9.31. The molecule has 0 fully saturated rings. The van der Waals surface area contributed by atoms with Gasteiger partial charge in [-0.25, -0.2) is 4.79 Å². The molecule has 1 aromatic heterocycles. The van der Waals surface area contributed by atoms with Gasteiger partial charge in [-0.3, -0.25) is 9.36 Å². The van der Waals surface area contributed by atoms with Gasteiger partial charge in [-0.1, -0.05) is 0 Å². The quantitative estimate of drug-likeness (QED) is 0.610. The Bertz CT molecular complexity index is 1070. The second kappa shape index (κ2) is 8.86. The molecule has 1 aliphatic heterocycles. The molecule has 0 bridgehead atoms. The Labute approximate surface area is 178 Å². The van der Waals surface area contributed by atoms with Gasteiger partial charge < -0.3 is 34.7 Å². The molecular weight excluding hydrogens is 408 g/mol. The maximum absolute atomic E-state index is 12.9. The number of carbonyl (C=O) groups is 1.